The second-order valence-electron chi connectivity index (χ2n) is 5.04. The predicted octanol–water partition coefficient (Wildman–Crippen LogP) is 1.76. The third kappa shape index (κ3) is 1.15. The number of hydrogen-bond donors (Lipinski definition) is 1. The molecular weight excluding hydrogens is 202 g/mol. The van der Waals surface area contributed by atoms with Gasteiger partial charge in [0.1, 0.15) is 0 Å². The van der Waals surface area contributed by atoms with Crippen LogP contribution in [0.15, 0.2) is 24.3 Å². The van der Waals surface area contributed by atoms with Crippen molar-refractivity contribution in [2.45, 2.75) is 31.9 Å². The average molecular weight is 219 g/mol. The third-order valence-corrected chi connectivity index (χ3v) is 3.85. The van der Waals surface area contributed by atoms with Crippen LogP contribution in [0.4, 0.5) is 0 Å². The van der Waals surface area contributed by atoms with Crippen LogP contribution in [-0.2, 0) is 5.54 Å². The number of carbonyl (C=O) groups is 1. The van der Waals surface area contributed by atoms with E-state index in [1.165, 1.54) is 0 Å². The van der Waals surface area contributed by atoms with E-state index in [4.69, 9.17) is 0 Å². The summed E-state index contributed by atoms with van der Waals surface area (Å²) in [7, 11) is 1.74. The Kier molecular flexibility index (Phi) is 2.14. The van der Waals surface area contributed by atoms with E-state index in [1.54, 1.807) is 25.8 Å². The number of amides is 1. The molecule has 1 aliphatic rings. The average Bonchev–Trinajstić information content (AvgIpc) is 2.42. The maximum Gasteiger partial charge on any atom is 0.254 e. The molecule has 1 aromatic rings. The van der Waals surface area contributed by atoms with E-state index in [2.05, 4.69) is 0 Å². The molecular formula is C13H17NO2. The summed E-state index contributed by atoms with van der Waals surface area (Å²) in [6, 6.07) is 7.47. The molecule has 1 N–H and O–H groups in total. The Morgan fingerprint density at radius 1 is 1.31 bits per heavy atom. The standard InChI is InChI=1S/C13H17NO2/c1-12(2,16)13(3)10-8-6-5-7-9(10)11(15)14(13)4/h5-8,16H,1-4H3. The van der Waals surface area contributed by atoms with Crippen LogP contribution in [0.5, 0.6) is 0 Å². The maximum atomic E-state index is 12.1. The van der Waals surface area contributed by atoms with Crippen molar-refractivity contribution in [3.05, 3.63) is 35.4 Å². The van der Waals surface area contributed by atoms with Crippen molar-refractivity contribution < 1.29 is 9.90 Å². The lowest BCUT2D eigenvalue weighted by atomic mass is 9.78. The van der Waals surface area contributed by atoms with Gasteiger partial charge in [-0.1, -0.05) is 18.2 Å². The fourth-order valence-electron chi connectivity index (χ4n) is 2.40. The minimum Gasteiger partial charge on any atom is -0.388 e. The van der Waals surface area contributed by atoms with Gasteiger partial charge in [0.25, 0.3) is 5.91 Å². The molecule has 2 rings (SSSR count). The van der Waals surface area contributed by atoms with Crippen LogP contribution in [-0.4, -0.2) is 28.6 Å². The van der Waals surface area contributed by atoms with Gasteiger partial charge in [0.05, 0.1) is 11.1 Å². The number of likely N-dealkylation sites (N-methyl/N-ethyl adjacent to an activating group) is 1. The van der Waals surface area contributed by atoms with Gasteiger partial charge in [0.2, 0.25) is 0 Å². The molecule has 16 heavy (non-hydrogen) atoms. The van der Waals surface area contributed by atoms with Crippen LogP contribution in [0, 0.1) is 0 Å². The van der Waals surface area contributed by atoms with E-state index in [9.17, 15) is 9.90 Å². The van der Waals surface area contributed by atoms with Crippen molar-refractivity contribution in [1.29, 1.82) is 0 Å². The van der Waals surface area contributed by atoms with Crippen LogP contribution >= 0.6 is 0 Å². The lowest BCUT2D eigenvalue weighted by molar-refractivity contribution is -0.0583. The normalized spacial score (nSPS) is 24.8. The van der Waals surface area contributed by atoms with Gasteiger partial charge in [-0.15, -0.1) is 0 Å². The lowest BCUT2D eigenvalue weighted by Gasteiger charge is -2.43. The van der Waals surface area contributed by atoms with Crippen molar-refractivity contribution in [2.75, 3.05) is 7.05 Å². The molecule has 0 aliphatic carbocycles. The molecule has 0 saturated heterocycles. The Morgan fingerprint density at radius 3 is 2.44 bits per heavy atom. The molecule has 0 radical (unpaired) electrons. The van der Waals surface area contributed by atoms with Crippen molar-refractivity contribution in [3.63, 3.8) is 0 Å². The van der Waals surface area contributed by atoms with E-state index in [-0.39, 0.29) is 5.91 Å². The number of rotatable bonds is 1. The molecule has 1 unspecified atom stereocenters. The summed E-state index contributed by atoms with van der Waals surface area (Å²) in [5, 5.41) is 10.3. The fourth-order valence-corrected chi connectivity index (χ4v) is 2.40. The molecule has 0 bridgehead atoms. The third-order valence-electron chi connectivity index (χ3n) is 3.85. The van der Waals surface area contributed by atoms with E-state index in [1.807, 2.05) is 31.2 Å². The smallest absolute Gasteiger partial charge is 0.254 e. The SMILES string of the molecule is CN1C(=O)c2ccccc2C1(C)C(C)(C)O. The summed E-state index contributed by atoms with van der Waals surface area (Å²) in [6.45, 7) is 5.37. The number of aliphatic hydroxyl groups is 1. The molecule has 0 spiro atoms. The molecule has 86 valence electrons. The summed E-state index contributed by atoms with van der Waals surface area (Å²) in [6.07, 6.45) is 0. The van der Waals surface area contributed by atoms with Gasteiger partial charge in [-0.2, -0.15) is 0 Å². The molecule has 0 fully saturated rings. The molecule has 3 nitrogen and oxygen atoms in total. The molecule has 1 aliphatic heterocycles. The van der Waals surface area contributed by atoms with Gasteiger partial charge in [-0.25, -0.2) is 0 Å². The minimum atomic E-state index is -0.982. The first kappa shape index (κ1) is 11.1. The predicted molar refractivity (Wildman–Crippen MR) is 62.2 cm³/mol. The molecule has 0 aromatic heterocycles. The largest absolute Gasteiger partial charge is 0.388 e. The number of carbonyl (C=O) groups excluding carboxylic acids is 1. The number of nitrogens with zero attached hydrogens (tertiary/aromatic N) is 1. The summed E-state index contributed by atoms with van der Waals surface area (Å²) in [5.74, 6) is -0.0276. The van der Waals surface area contributed by atoms with Gasteiger partial charge in [0, 0.05) is 12.6 Å². The second kappa shape index (κ2) is 3.08. The first-order valence-electron chi connectivity index (χ1n) is 5.40. The number of fused-ring (bicyclic) bond motifs is 1. The lowest BCUT2D eigenvalue weighted by Crippen LogP contribution is -2.53. The summed E-state index contributed by atoms with van der Waals surface area (Å²) >= 11 is 0. The second-order valence-corrected chi connectivity index (χ2v) is 5.04. The van der Waals surface area contributed by atoms with Crippen molar-refractivity contribution in [3.8, 4) is 0 Å². The number of benzene rings is 1. The van der Waals surface area contributed by atoms with E-state index < -0.39 is 11.1 Å². The zero-order chi connectivity index (χ0) is 12.1. The Morgan fingerprint density at radius 2 is 1.88 bits per heavy atom. The summed E-state index contributed by atoms with van der Waals surface area (Å²) in [4.78, 5) is 13.7. The van der Waals surface area contributed by atoms with Gasteiger partial charge < -0.3 is 10.0 Å². The van der Waals surface area contributed by atoms with E-state index in [0.29, 0.717) is 5.56 Å². The molecule has 1 heterocycles. The molecule has 1 aromatic carbocycles. The van der Waals surface area contributed by atoms with Gasteiger partial charge in [0.15, 0.2) is 0 Å². The highest BCUT2D eigenvalue weighted by atomic mass is 16.3. The van der Waals surface area contributed by atoms with E-state index in [0.717, 1.165) is 5.56 Å². The Hall–Kier alpha value is -1.35. The monoisotopic (exact) mass is 219 g/mol. The fraction of sp³-hybridized carbons (Fsp3) is 0.462. The Balaban J connectivity index is 2.71. The highest BCUT2D eigenvalue weighted by Crippen LogP contribution is 2.44. The minimum absolute atomic E-state index is 0.0276. The van der Waals surface area contributed by atoms with Crippen LogP contribution in [0.25, 0.3) is 0 Å². The Labute approximate surface area is 95.7 Å². The zero-order valence-electron chi connectivity index (χ0n) is 10.1. The summed E-state index contributed by atoms with van der Waals surface area (Å²) in [5.41, 5.74) is -0.0605. The van der Waals surface area contributed by atoms with Crippen molar-refractivity contribution in [1.82, 2.24) is 4.90 Å². The van der Waals surface area contributed by atoms with Crippen LogP contribution in [0.1, 0.15) is 36.7 Å². The first-order valence-corrected chi connectivity index (χ1v) is 5.40. The molecule has 0 saturated carbocycles. The first-order chi connectivity index (χ1) is 7.30. The highest BCUT2D eigenvalue weighted by molar-refractivity contribution is 6.00. The van der Waals surface area contributed by atoms with Crippen molar-refractivity contribution >= 4 is 5.91 Å². The quantitative estimate of drug-likeness (QED) is 0.781. The molecule has 1 amide bonds. The molecule has 1 atom stereocenters. The van der Waals surface area contributed by atoms with Crippen LogP contribution in [0.3, 0.4) is 0 Å². The van der Waals surface area contributed by atoms with Crippen LogP contribution in [0.2, 0.25) is 0 Å². The molecule has 3 heteroatoms. The number of hydrogen-bond acceptors (Lipinski definition) is 2. The zero-order valence-corrected chi connectivity index (χ0v) is 10.1. The Bertz CT molecular complexity index is 447. The summed E-state index contributed by atoms with van der Waals surface area (Å²) < 4.78 is 0. The van der Waals surface area contributed by atoms with E-state index >= 15 is 0 Å². The van der Waals surface area contributed by atoms with Gasteiger partial charge in [-0.3, -0.25) is 4.79 Å². The van der Waals surface area contributed by atoms with Gasteiger partial charge in [-0.05, 0) is 32.4 Å². The highest BCUT2D eigenvalue weighted by Gasteiger charge is 2.52. The topological polar surface area (TPSA) is 40.5 Å². The van der Waals surface area contributed by atoms with Crippen molar-refractivity contribution in [2.24, 2.45) is 0 Å². The van der Waals surface area contributed by atoms with Gasteiger partial charge >= 0.3 is 0 Å². The maximum absolute atomic E-state index is 12.1. The van der Waals surface area contributed by atoms with Crippen LogP contribution < -0.4 is 0 Å².